The Bertz CT molecular complexity index is 594. The summed E-state index contributed by atoms with van der Waals surface area (Å²) in [7, 11) is 1.52. The molecule has 0 amide bonds. The third-order valence-corrected chi connectivity index (χ3v) is 3.46. The highest BCUT2D eigenvalue weighted by molar-refractivity contribution is 6.16. The quantitative estimate of drug-likeness (QED) is 0.587. The molecule has 0 fully saturated rings. The molecule has 0 spiro atoms. The molecular weight excluding hydrogens is 302 g/mol. The Hall–Kier alpha value is -2.57. The molecule has 0 saturated carbocycles. The summed E-state index contributed by atoms with van der Waals surface area (Å²) in [6, 6.07) is 6.87. The first-order valence-corrected chi connectivity index (χ1v) is 7.28. The number of methoxy groups -OCH3 is 1. The van der Waals surface area contributed by atoms with Crippen LogP contribution in [0.1, 0.15) is 25.5 Å². The molecule has 1 atom stereocenters. The average Bonchev–Trinajstić information content (AvgIpc) is 3.01. The van der Waals surface area contributed by atoms with Crippen molar-refractivity contribution < 1.29 is 28.6 Å². The molecule has 7 nitrogen and oxygen atoms in total. The highest BCUT2D eigenvalue weighted by atomic mass is 16.7. The van der Waals surface area contributed by atoms with Crippen molar-refractivity contribution in [3.05, 3.63) is 29.8 Å². The largest absolute Gasteiger partial charge is 0.497 e. The number of hydrogen-bond acceptors (Lipinski definition) is 7. The zero-order valence-electron chi connectivity index (χ0n) is 13.3. The Morgan fingerprint density at radius 1 is 1.22 bits per heavy atom. The van der Waals surface area contributed by atoms with Gasteiger partial charge < -0.3 is 19.0 Å². The van der Waals surface area contributed by atoms with Gasteiger partial charge in [-0.25, -0.2) is 0 Å². The first-order valence-electron chi connectivity index (χ1n) is 7.28. The van der Waals surface area contributed by atoms with Gasteiger partial charge in [-0.05, 0) is 26.0 Å². The number of benzene rings is 1. The highest BCUT2D eigenvalue weighted by Crippen LogP contribution is 2.43. The van der Waals surface area contributed by atoms with E-state index in [-0.39, 0.29) is 13.2 Å². The maximum Gasteiger partial charge on any atom is 0.333 e. The van der Waals surface area contributed by atoms with E-state index in [1.54, 1.807) is 38.1 Å². The van der Waals surface area contributed by atoms with E-state index in [1.807, 2.05) is 0 Å². The molecule has 2 rings (SSSR count). The fourth-order valence-corrected chi connectivity index (χ4v) is 2.36. The van der Waals surface area contributed by atoms with E-state index >= 15 is 0 Å². The molecule has 1 aliphatic heterocycles. The lowest BCUT2D eigenvalue weighted by atomic mass is 9.80. The van der Waals surface area contributed by atoms with Crippen molar-refractivity contribution >= 4 is 18.2 Å². The van der Waals surface area contributed by atoms with Gasteiger partial charge in [-0.15, -0.1) is 0 Å². The van der Waals surface area contributed by atoms with Crippen molar-refractivity contribution in [2.75, 3.05) is 20.3 Å². The van der Waals surface area contributed by atoms with E-state index in [4.69, 9.17) is 19.0 Å². The predicted octanol–water partition coefficient (Wildman–Crippen LogP) is 1.86. The molecule has 0 saturated heterocycles. The molecule has 1 aromatic carbocycles. The lowest BCUT2D eigenvalue weighted by Gasteiger charge is -2.27. The van der Waals surface area contributed by atoms with Crippen LogP contribution in [0.4, 0.5) is 0 Å². The molecular formula is C16H19NO6. The van der Waals surface area contributed by atoms with Crippen LogP contribution in [0.15, 0.2) is 29.4 Å². The number of nitrogens with zero attached hydrogens (tertiary/aromatic N) is 1. The molecule has 0 aromatic heterocycles. The van der Waals surface area contributed by atoms with Gasteiger partial charge in [-0.3, -0.25) is 9.59 Å². The second-order valence-electron chi connectivity index (χ2n) is 4.81. The number of carbonyl (C=O) groups excluding carboxylic acids is 2. The molecule has 0 N–H and O–H groups in total. The van der Waals surface area contributed by atoms with E-state index in [9.17, 15) is 9.59 Å². The Morgan fingerprint density at radius 3 is 2.43 bits per heavy atom. The van der Waals surface area contributed by atoms with Gasteiger partial charge in [-0.2, -0.15) is 0 Å². The second kappa shape index (κ2) is 7.13. The Kier molecular flexibility index (Phi) is 5.20. The summed E-state index contributed by atoms with van der Waals surface area (Å²) in [6.45, 7) is 3.56. The Morgan fingerprint density at radius 2 is 1.87 bits per heavy atom. The zero-order valence-corrected chi connectivity index (χ0v) is 13.3. The highest BCUT2D eigenvalue weighted by Gasteiger charge is 2.59. The molecule has 7 heteroatoms. The standard InChI is InChI=1S/C16H19NO6/c1-4-21-14(18)16(15(19)22-5-2)10-17-23-13(16)11-7-6-8-12(9-11)20-3/h6-10,13H,4-5H2,1-3H3. The summed E-state index contributed by atoms with van der Waals surface area (Å²) in [6.07, 6.45) is 0.170. The van der Waals surface area contributed by atoms with Crippen LogP contribution < -0.4 is 4.74 Å². The van der Waals surface area contributed by atoms with E-state index in [1.165, 1.54) is 7.11 Å². The number of ether oxygens (including phenoxy) is 3. The van der Waals surface area contributed by atoms with Crippen LogP contribution in [0.25, 0.3) is 0 Å². The SMILES string of the molecule is CCOC(=O)C1(C(=O)OCC)C=NOC1c1cccc(OC)c1. The number of carbonyl (C=O) groups is 2. The van der Waals surface area contributed by atoms with Gasteiger partial charge in [-0.1, -0.05) is 17.3 Å². The van der Waals surface area contributed by atoms with Crippen LogP contribution in [0, 0.1) is 5.41 Å². The summed E-state index contributed by atoms with van der Waals surface area (Å²) in [4.78, 5) is 30.3. The van der Waals surface area contributed by atoms with Gasteiger partial charge in [0.15, 0.2) is 6.10 Å². The van der Waals surface area contributed by atoms with Gasteiger partial charge in [0.25, 0.3) is 0 Å². The third kappa shape index (κ3) is 2.99. The minimum Gasteiger partial charge on any atom is -0.497 e. The molecule has 124 valence electrons. The smallest absolute Gasteiger partial charge is 0.333 e. The van der Waals surface area contributed by atoms with Crippen molar-refractivity contribution in [3.8, 4) is 5.75 Å². The average molecular weight is 321 g/mol. The molecule has 1 aliphatic rings. The normalized spacial score (nSPS) is 18.1. The van der Waals surface area contributed by atoms with Gasteiger partial charge in [0.05, 0.1) is 26.5 Å². The lowest BCUT2D eigenvalue weighted by Crippen LogP contribution is -2.46. The summed E-state index contributed by atoms with van der Waals surface area (Å²) in [5, 5.41) is 3.69. The fraction of sp³-hybridized carbons (Fsp3) is 0.438. The topological polar surface area (TPSA) is 83.4 Å². The van der Waals surface area contributed by atoms with Crippen molar-refractivity contribution in [2.24, 2.45) is 10.6 Å². The first kappa shape index (κ1) is 16.8. The molecule has 0 aliphatic carbocycles. The maximum atomic E-state index is 12.5. The summed E-state index contributed by atoms with van der Waals surface area (Å²) < 4.78 is 15.3. The van der Waals surface area contributed by atoms with Crippen LogP contribution in [-0.2, 0) is 23.9 Å². The molecule has 1 unspecified atom stereocenters. The molecule has 1 aromatic rings. The van der Waals surface area contributed by atoms with Crippen LogP contribution >= 0.6 is 0 Å². The van der Waals surface area contributed by atoms with Crippen molar-refractivity contribution in [3.63, 3.8) is 0 Å². The maximum absolute atomic E-state index is 12.5. The van der Waals surface area contributed by atoms with Gasteiger partial charge in [0, 0.05) is 5.56 Å². The minimum atomic E-state index is -1.77. The Balaban J connectivity index is 2.47. The van der Waals surface area contributed by atoms with Crippen LogP contribution in [0.3, 0.4) is 0 Å². The molecule has 1 heterocycles. The van der Waals surface area contributed by atoms with Gasteiger partial charge in [0.2, 0.25) is 5.41 Å². The van der Waals surface area contributed by atoms with Crippen molar-refractivity contribution in [1.29, 1.82) is 0 Å². The van der Waals surface area contributed by atoms with Crippen molar-refractivity contribution in [1.82, 2.24) is 0 Å². The summed E-state index contributed by atoms with van der Waals surface area (Å²) in [5.41, 5.74) is -1.21. The van der Waals surface area contributed by atoms with Crippen LogP contribution in [-0.4, -0.2) is 38.5 Å². The van der Waals surface area contributed by atoms with Crippen LogP contribution in [0.2, 0.25) is 0 Å². The second-order valence-corrected chi connectivity index (χ2v) is 4.81. The molecule has 23 heavy (non-hydrogen) atoms. The first-order chi connectivity index (χ1) is 11.1. The van der Waals surface area contributed by atoms with E-state index in [0.717, 1.165) is 6.21 Å². The third-order valence-electron chi connectivity index (χ3n) is 3.46. The summed E-state index contributed by atoms with van der Waals surface area (Å²) in [5.74, 6) is -0.945. The molecule has 0 bridgehead atoms. The van der Waals surface area contributed by atoms with Crippen LogP contribution in [0.5, 0.6) is 5.75 Å². The number of rotatable bonds is 6. The van der Waals surface area contributed by atoms with Gasteiger partial charge >= 0.3 is 11.9 Å². The summed E-state index contributed by atoms with van der Waals surface area (Å²) >= 11 is 0. The predicted molar refractivity (Wildman–Crippen MR) is 81.0 cm³/mol. The number of oxime groups is 1. The minimum absolute atomic E-state index is 0.124. The van der Waals surface area contributed by atoms with Gasteiger partial charge in [0.1, 0.15) is 5.75 Å². The lowest BCUT2D eigenvalue weighted by molar-refractivity contribution is -0.173. The van der Waals surface area contributed by atoms with E-state index < -0.39 is 23.5 Å². The number of hydrogen-bond donors (Lipinski definition) is 0. The van der Waals surface area contributed by atoms with E-state index in [2.05, 4.69) is 5.16 Å². The fourth-order valence-electron chi connectivity index (χ4n) is 2.36. The van der Waals surface area contributed by atoms with E-state index in [0.29, 0.717) is 11.3 Å². The molecule has 0 radical (unpaired) electrons. The number of esters is 2. The van der Waals surface area contributed by atoms with Crippen molar-refractivity contribution in [2.45, 2.75) is 20.0 Å². The zero-order chi connectivity index (χ0) is 16.9. The Labute approximate surface area is 134 Å². The monoisotopic (exact) mass is 321 g/mol.